The number of hydrogen-bond acceptors (Lipinski definition) is 7. The molecule has 1 N–H and O–H groups in total. The monoisotopic (exact) mass is 553 g/mol. The van der Waals surface area contributed by atoms with Crippen LogP contribution >= 0.6 is 0 Å². The van der Waals surface area contributed by atoms with E-state index in [0.29, 0.717) is 53.3 Å². The van der Waals surface area contributed by atoms with Crippen LogP contribution in [0.3, 0.4) is 0 Å². The topological polar surface area (TPSA) is 119 Å². The highest BCUT2D eigenvalue weighted by atomic mass is 32.2. The van der Waals surface area contributed by atoms with Crippen molar-refractivity contribution >= 4 is 26.7 Å². The molecule has 2 heterocycles. The van der Waals surface area contributed by atoms with Crippen LogP contribution in [0.15, 0.2) is 52.7 Å². The zero-order chi connectivity index (χ0) is 27.3. The number of nitrogens with one attached hydrogen (secondary N) is 1. The molecule has 206 valence electrons. The van der Waals surface area contributed by atoms with E-state index in [4.69, 9.17) is 14.2 Å². The molecule has 0 radical (unpaired) electrons. The standard InChI is InChI=1S/C27H31N5O6S/c1-30-13-26(28-16-30)39(34,35)29-22-11-23-24(32(3)27(33)31(23)2)12-25(22)38-21-9-19(36-14-17-4-5-17)8-20(10-21)37-15-18-6-7-18/h8-13,16-18,29H,4-7,14-15H2,1-3H3. The van der Waals surface area contributed by atoms with E-state index in [1.54, 1.807) is 50.0 Å². The van der Waals surface area contributed by atoms with Crippen molar-refractivity contribution in [1.29, 1.82) is 0 Å². The van der Waals surface area contributed by atoms with E-state index >= 15 is 0 Å². The third-order valence-electron chi connectivity index (χ3n) is 7.02. The lowest BCUT2D eigenvalue weighted by Crippen LogP contribution is -2.19. The summed E-state index contributed by atoms with van der Waals surface area (Å²) in [7, 11) is 0.938. The van der Waals surface area contributed by atoms with Crippen LogP contribution in [0.25, 0.3) is 11.0 Å². The van der Waals surface area contributed by atoms with E-state index < -0.39 is 10.0 Å². The number of ether oxygens (including phenoxy) is 3. The molecule has 4 aromatic rings. The molecule has 11 nitrogen and oxygen atoms in total. The van der Waals surface area contributed by atoms with Crippen molar-refractivity contribution in [3.8, 4) is 23.0 Å². The fourth-order valence-electron chi connectivity index (χ4n) is 4.31. The molecular formula is C27H31N5O6S. The SMILES string of the molecule is Cn1cnc(S(=O)(=O)Nc2cc3c(cc2Oc2cc(OCC4CC4)cc(OCC4CC4)c2)n(C)c(=O)n3C)c1. The second-order valence-electron chi connectivity index (χ2n) is 10.5. The first-order chi connectivity index (χ1) is 18.7. The summed E-state index contributed by atoms with van der Waals surface area (Å²) in [5.74, 6) is 3.02. The minimum atomic E-state index is -4.04. The van der Waals surface area contributed by atoms with Gasteiger partial charge in [-0.3, -0.25) is 13.9 Å². The molecule has 2 aromatic heterocycles. The number of aromatic nitrogens is 4. The van der Waals surface area contributed by atoms with Crippen LogP contribution in [0.5, 0.6) is 23.0 Å². The molecule has 6 rings (SSSR count). The van der Waals surface area contributed by atoms with Crippen LogP contribution in [0, 0.1) is 11.8 Å². The summed E-state index contributed by atoms with van der Waals surface area (Å²) in [6, 6.07) is 8.61. The largest absolute Gasteiger partial charge is 0.493 e. The molecule has 0 amide bonds. The van der Waals surface area contributed by atoms with E-state index in [2.05, 4.69) is 9.71 Å². The van der Waals surface area contributed by atoms with Gasteiger partial charge in [-0.15, -0.1) is 0 Å². The molecule has 2 aliphatic rings. The van der Waals surface area contributed by atoms with Crippen molar-refractivity contribution in [2.45, 2.75) is 30.7 Å². The maximum atomic E-state index is 13.2. The Morgan fingerprint density at radius 3 is 1.97 bits per heavy atom. The van der Waals surface area contributed by atoms with Gasteiger partial charge in [0.05, 0.1) is 36.3 Å². The number of imidazole rings is 2. The molecule has 0 spiro atoms. The lowest BCUT2D eigenvalue weighted by molar-refractivity contribution is 0.282. The predicted octanol–water partition coefficient (Wildman–Crippen LogP) is 3.78. The zero-order valence-corrected chi connectivity index (χ0v) is 22.9. The number of sulfonamides is 1. The number of rotatable bonds is 11. The smallest absolute Gasteiger partial charge is 0.328 e. The van der Waals surface area contributed by atoms with Crippen molar-refractivity contribution in [1.82, 2.24) is 18.7 Å². The van der Waals surface area contributed by atoms with Crippen molar-refractivity contribution in [3.63, 3.8) is 0 Å². The molecular weight excluding hydrogens is 522 g/mol. The lowest BCUT2D eigenvalue weighted by Gasteiger charge is -2.16. The van der Waals surface area contributed by atoms with Gasteiger partial charge < -0.3 is 18.8 Å². The highest BCUT2D eigenvalue weighted by Gasteiger charge is 2.25. The predicted molar refractivity (Wildman–Crippen MR) is 145 cm³/mol. The van der Waals surface area contributed by atoms with E-state index in [9.17, 15) is 13.2 Å². The van der Waals surface area contributed by atoms with Gasteiger partial charge in [-0.2, -0.15) is 8.42 Å². The molecule has 2 aliphatic carbocycles. The summed E-state index contributed by atoms with van der Waals surface area (Å²) in [4.78, 5) is 16.6. The van der Waals surface area contributed by atoms with Gasteiger partial charge in [-0.05, 0) is 43.6 Å². The third-order valence-corrected chi connectivity index (χ3v) is 8.27. The van der Waals surface area contributed by atoms with Gasteiger partial charge in [0.25, 0.3) is 10.0 Å². The minimum Gasteiger partial charge on any atom is -0.493 e. The van der Waals surface area contributed by atoms with Gasteiger partial charge in [0.15, 0.2) is 10.8 Å². The molecule has 2 saturated carbocycles. The summed E-state index contributed by atoms with van der Waals surface area (Å²) in [5, 5.41) is -0.135. The van der Waals surface area contributed by atoms with E-state index in [1.807, 2.05) is 6.07 Å². The van der Waals surface area contributed by atoms with Crippen LogP contribution in [-0.4, -0.2) is 40.3 Å². The third kappa shape index (κ3) is 5.47. The average molecular weight is 554 g/mol. The number of nitrogens with zero attached hydrogens (tertiary/aromatic N) is 4. The molecule has 39 heavy (non-hydrogen) atoms. The summed E-state index contributed by atoms with van der Waals surface area (Å²) in [5.41, 5.74) is 1.05. The summed E-state index contributed by atoms with van der Waals surface area (Å²) in [6.07, 6.45) is 7.47. The van der Waals surface area contributed by atoms with Crippen molar-refractivity contribution < 1.29 is 22.6 Å². The number of fused-ring (bicyclic) bond motifs is 1. The highest BCUT2D eigenvalue weighted by Crippen LogP contribution is 2.39. The fourth-order valence-corrected chi connectivity index (χ4v) is 5.35. The quantitative estimate of drug-likeness (QED) is 0.300. The Morgan fingerprint density at radius 1 is 0.872 bits per heavy atom. The molecule has 0 bridgehead atoms. The van der Waals surface area contributed by atoms with Gasteiger partial charge in [0.1, 0.15) is 17.2 Å². The fraction of sp³-hybridized carbons (Fsp3) is 0.407. The second-order valence-corrected chi connectivity index (χ2v) is 12.1. The lowest BCUT2D eigenvalue weighted by atomic mass is 10.2. The number of aryl methyl sites for hydroxylation is 3. The normalized spacial score (nSPS) is 15.5. The van der Waals surface area contributed by atoms with Gasteiger partial charge in [0.2, 0.25) is 0 Å². The van der Waals surface area contributed by atoms with Crippen LogP contribution in [0.2, 0.25) is 0 Å². The number of hydrogen-bond donors (Lipinski definition) is 1. The highest BCUT2D eigenvalue weighted by molar-refractivity contribution is 7.92. The van der Waals surface area contributed by atoms with Crippen LogP contribution in [0.4, 0.5) is 5.69 Å². The molecule has 2 fully saturated rings. The first-order valence-electron chi connectivity index (χ1n) is 12.9. The Bertz CT molecular complexity index is 1680. The maximum absolute atomic E-state index is 13.2. The Labute approximate surface area is 226 Å². The van der Waals surface area contributed by atoms with Gasteiger partial charge in [-0.1, -0.05) is 0 Å². The number of anilines is 1. The first-order valence-corrected chi connectivity index (χ1v) is 14.4. The van der Waals surface area contributed by atoms with Crippen molar-refractivity contribution in [2.24, 2.45) is 33.0 Å². The Balaban J connectivity index is 1.39. The molecule has 0 aliphatic heterocycles. The molecule has 0 unspecified atom stereocenters. The molecule has 12 heteroatoms. The average Bonchev–Trinajstić information content (AvgIpc) is 3.83. The zero-order valence-electron chi connectivity index (χ0n) is 22.1. The van der Waals surface area contributed by atoms with Gasteiger partial charge in [-0.25, -0.2) is 9.78 Å². The van der Waals surface area contributed by atoms with Gasteiger partial charge in [0, 0.05) is 51.6 Å². The Hall–Kier alpha value is -3.93. The summed E-state index contributed by atoms with van der Waals surface area (Å²) >= 11 is 0. The maximum Gasteiger partial charge on any atom is 0.328 e. The first kappa shape index (κ1) is 25.4. The van der Waals surface area contributed by atoms with Crippen LogP contribution < -0.4 is 24.6 Å². The van der Waals surface area contributed by atoms with E-state index in [0.717, 1.165) is 25.7 Å². The second kappa shape index (κ2) is 9.67. The van der Waals surface area contributed by atoms with Crippen molar-refractivity contribution in [3.05, 3.63) is 53.3 Å². The molecule has 0 saturated heterocycles. The Morgan fingerprint density at radius 2 is 1.44 bits per heavy atom. The van der Waals surface area contributed by atoms with Crippen molar-refractivity contribution in [2.75, 3.05) is 17.9 Å². The van der Waals surface area contributed by atoms with Crippen LogP contribution in [0.1, 0.15) is 25.7 Å². The van der Waals surface area contributed by atoms with Crippen LogP contribution in [-0.2, 0) is 31.2 Å². The molecule has 2 aromatic carbocycles. The summed E-state index contributed by atoms with van der Waals surface area (Å²) < 4.78 is 51.8. The van der Waals surface area contributed by atoms with Gasteiger partial charge >= 0.3 is 5.69 Å². The number of benzene rings is 2. The minimum absolute atomic E-state index is 0.135. The van der Waals surface area contributed by atoms with E-state index in [-0.39, 0.29) is 22.2 Å². The summed E-state index contributed by atoms with van der Waals surface area (Å²) in [6.45, 7) is 1.25. The van der Waals surface area contributed by atoms with E-state index in [1.165, 1.54) is 21.7 Å². The Kier molecular flexibility index (Phi) is 6.29. The molecule has 0 atom stereocenters.